The van der Waals surface area contributed by atoms with Crippen molar-refractivity contribution in [3.8, 4) is 5.75 Å². The number of nitrogens with two attached hydrogens (primary N) is 1. The second-order valence-electron chi connectivity index (χ2n) is 4.73. The number of para-hydroxylation sites is 2. The molecule has 1 aromatic carbocycles. The van der Waals surface area contributed by atoms with Crippen LogP contribution in [0.1, 0.15) is 11.6 Å². The zero-order valence-electron chi connectivity index (χ0n) is 11.2. The Morgan fingerprint density at radius 1 is 1.45 bits per heavy atom. The first-order valence-corrected chi connectivity index (χ1v) is 6.44. The Morgan fingerprint density at radius 3 is 3.00 bits per heavy atom. The molecule has 1 aromatic heterocycles. The maximum Gasteiger partial charge on any atom is 0.248 e. The van der Waals surface area contributed by atoms with Gasteiger partial charge in [0.25, 0.3) is 0 Å². The topological polar surface area (TPSA) is 73.4 Å². The molecule has 6 nitrogen and oxygen atoms in total. The second kappa shape index (κ2) is 4.97. The Balaban J connectivity index is 1.88. The summed E-state index contributed by atoms with van der Waals surface area (Å²) in [5.74, 6) is 0.569. The van der Waals surface area contributed by atoms with E-state index in [0.717, 1.165) is 5.69 Å². The van der Waals surface area contributed by atoms with E-state index < -0.39 is 6.04 Å². The number of ether oxygens (including phenoxy) is 1. The molecule has 1 aliphatic heterocycles. The van der Waals surface area contributed by atoms with E-state index in [1.807, 2.05) is 24.3 Å². The van der Waals surface area contributed by atoms with E-state index in [1.54, 1.807) is 29.0 Å². The Hall–Kier alpha value is -2.34. The highest BCUT2D eigenvalue weighted by Gasteiger charge is 2.28. The first kappa shape index (κ1) is 12.7. The maximum absolute atomic E-state index is 12.6. The molecule has 0 spiro atoms. The highest BCUT2D eigenvalue weighted by Crippen LogP contribution is 2.32. The number of amides is 1. The summed E-state index contributed by atoms with van der Waals surface area (Å²) in [7, 11) is 1.80. The van der Waals surface area contributed by atoms with Crippen molar-refractivity contribution in [2.24, 2.45) is 12.8 Å². The molecule has 1 amide bonds. The van der Waals surface area contributed by atoms with Crippen LogP contribution >= 0.6 is 0 Å². The number of hydrogen-bond acceptors (Lipinski definition) is 4. The van der Waals surface area contributed by atoms with E-state index in [4.69, 9.17) is 10.5 Å². The third-order valence-corrected chi connectivity index (χ3v) is 3.34. The molecule has 2 heterocycles. The minimum Gasteiger partial charge on any atom is -0.490 e. The quantitative estimate of drug-likeness (QED) is 0.879. The fraction of sp³-hybridized carbons (Fsp3) is 0.286. The highest BCUT2D eigenvalue weighted by molar-refractivity contribution is 5.99. The number of carbonyl (C=O) groups excluding carboxylic acids is 1. The van der Waals surface area contributed by atoms with Gasteiger partial charge >= 0.3 is 0 Å². The van der Waals surface area contributed by atoms with Gasteiger partial charge in [-0.1, -0.05) is 12.1 Å². The van der Waals surface area contributed by atoms with Crippen LogP contribution in [0.5, 0.6) is 5.75 Å². The van der Waals surface area contributed by atoms with Crippen LogP contribution in [0.2, 0.25) is 0 Å². The molecule has 0 saturated carbocycles. The molecule has 2 aromatic rings. The molecule has 6 heteroatoms. The molecule has 1 atom stereocenters. The lowest BCUT2D eigenvalue weighted by Crippen LogP contribution is -2.43. The number of hydrogen-bond donors (Lipinski definition) is 1. The van der Waals surface area contributed by atoms with Crippen LogP contribution < -0.4 is 15.4 Å². The van der Waals surface area contributed by atoms with Gasteiger partial charge in [-0.3, -0.25) is 9.48 Å². The Bertz CT molecular complexity index is 638. The van der Waals surface area contributed by atoms with Gasteiger partial charge in [0.1, 0.15) is 18.4 Å². The summed E-state index contributed by atoms with van der Waals surface area (Å²) in [6.07, 6.45) is 3.38. The van der Waals surface area contributed by atoms with Crippen molar-refractivity contribution in [3.63, 3.8) is 0 Å². The van der Waals surface area contributed by atoms with Crippen molar-refractivity contribution in [1.82, 2.24) is 9.78 Å². The normalized spacial score (nSPS) is 15.4. The molecule has 0 aliphatic carbocycles. The highest BCUT2D eigenvalue weighted by atomic mass is 16.5. The average molecular weight is 272 g/mol. The molecular formula is C14H16N4O2. The number of rotatable bonds is 2. The zero-order valence-corrected chi connectivity index (χ0v) is 11.2. The zero-order chi connectivity index (χ0) is 14.1. The van der Waals surface area contributed by atoms with E-state index in [0.29, 0.717) is 24.5 Å². The monoisotopic (exact) mass is 272 g/mol. The molecular weight excluding hydrogens is 256 g/mol. The third kappa shape index (κ3) is 2.14. The predicted octanol–water partition coefficient (Wildman–Crippen LogP) is 0.845. The standard InChI is InChI=1S/C14H16N4O2/c1-17-9-10(8-16-17)13(15)14(19)18-6-7-20-12-5-3-2-4-11(12)18/h2-5,8-9,13H,6-7,15H2,1H3. The summed E-state index contributed by atoms with van der Waals surface area (Å²) < 4.78 is 7.18. The van der Waals surface area contributed by atoms with E-state index in [-0.39, 0.29) is 5.91 Å². The van der Waals surface area contributed by atoms with Gasteiger partial charge in [-0.25, -0.2) is 0 Å². The summed E-state index contributed by atoms with van der Waals surface area (Å²) in [5.41, 5.74) is 7.53. The lowest BCUT2D eigenvalue weighted by Gasteiger charge is -2.31. The SMILES string of the molecule is Cn1cc(C(N)C(=O)N2CCOc3ccccc32)cn1. The largest absolute Gasteiger partial charge is 0.490 e. The summed E-state index contributed by atoms with van der Waals surface area (Å²) >= 11 is 0. The molecule has 0 radical (unpaired) electrons. The Morgan fingerprint density at radius 2 is 2.25 bits per heavy atom. The van der Waals surface area contributed by atoms with Gasteiger partial charge in [-0.15, -0.1) is 0 Å². The number of aromatic nitrogens is 2. The number of anilines is 1. The van der Waals surface area contributed by atoms with Gasteiger partial charge in [0.15, 0.2) is 0 Å². The van der Waals surface area contributed by atoms with Crippen molar-refractivity contribution in [3.05, 3.63) is 42.2 Å². The van der Waals surface area contributed by atoms with Crippen molar-refractivity contribution < 1.29 is 9.53 Å². The summed E-state index contributed by atoms with van der Waals surface area (Å²) in [6, 6.07) is 6.76. The Labute approximate surface area is 116 Å². The first-order valence-electron chi connectivity index (χ1n) is 6.44. The van der Waals surface area contributed by atoms with E-state index in [9.17, 15) is 4.79 Å². The second-order valence-corrected chi connectivity index (χ2v) is 4.73. The minimum absolute atomic E-state index is 0.145. The molecule has 0 saturated heterocycles. The Kier molecular flexibility index (Phi) is 3.15. The van der Waals surface area contributed by atoms with E-state index in [2.05, 4.69) is 5.10 Å². The molecule has 20 heavy (non-hydrogen) atoms. The molecule has 3 rings (SSSR count). The van der Waals surface area contributed by atoms with Gasteiger partial charge < -0.3 is 15.4 Å². The van der Waals surface area contributed by atoms with Crippen LogP contribution in [0.15, 0.2) is 36.7 Å². The average Bonchev–Trinajstić information content (AvgIpc) is 2.91. The van der Waals surface area contributed by atoms with Gasteiger partial charge in [-0.2, -0.15) is 5.10 Å². The lowest BCUT2D eigenvalue weighted by atomic mass is 10.1. The van der Waals surface area contributed by atoms with Crippen LogP contribution in [-0.4, -0.2) is 28.8 Å². The fourth-order valence-electron chi connectivity index (χ4n) is 2.31. The first-order chi connectivity index (χ1) is 9.66. The van der Waals surface area contributed by atoms with Gasteiger partial charge in [0, 0.05) is 18.8 Å². The number of benzene rings is 1. The third-order valence-electron chi connectivity index (χ3n) is 3.34. The van der Waals surface area contributed by atoms with Crippen LogP contribution in [-0.2, 0) is 11.8 Å². The van der Waals surface area contributed by atoms with Crippen LogP contribution in [0.4, 0.5) is 5.69 Å². The molecule has 0 fully saturated rings. The smallest absolute Gasteiger partial charge is 0.248 e. The number of fused-ring (bicyclic) bond motifs is 1. The molecule has 0 bridgehead atoms. The predicted molar refractivity (Wildman–Crippen MR) is 74.4 cm³/mol. The van der Waals surface area contributed by atoms with Crippen LogP contribution in [0.25, 0.3) is 0 Å². The summed E-state index contributed by atoms with van der Waals surface area (Å²) in [4.78, 5) is 14.3. The van der Waals surface area contributed by atoms with Crippen molar-refractivity contribution >= 4 is 11.6 Å². The van der Waals surface area contributed by atoms with Gasteiger partial charge in [0.2, 0.25) is 5.91 Å². The lowest BCUT2D eigenvalue weighted by molar-refractivity contribution is -0.120. The number of carbonyl (C=O) groups is 1. The summed E-state index contributed by atoms with van der Waals surface area (Å²) in [5, 5.41) is 4.05. The summed E-state index contributed by atoms with van der Waals surface area (Å²) in [6.45, 7) is 0.978. The van der Waals surface area contributed by atoms with Gasteiger partial charge in [-0.05, 0) is 12.1 Å². The van der Waals surface area contributed by atoms with Crippen molar-refractivity contribution in [1.29, 1.82) is 0 Å². The van der Waals surface area contributed by atoms with Crippen molar-refractivity contribution in [2.75, 3.05) is 18.1 Å². The number of aryl methyl sites for hydroxylation is 1. The molecule has 104 valence electrons. The van der Waals surface area contributed by atoms with Gasteiger partial charge in [0.05, 0.1) is 18.4 Å². The number of nitrogens with zero attached hydrogens (tertiary/aromatic N) is 3. The molecule has 1 aliphatic rings. The van der Waals surface area contributed by atoms with E-state index in [1.165, 1.54) is 0 Å². The molecule has 1 unspecified atom stereocenters. The molecule has 2 N–H and O–H groups in total. The van der Waals surface area contributed by atoms with Crippen LogP contribution in [0, 0.1) is 0 Å². The van der Waals surface area contributed by atoms with Crippen LogP contribution in [0.3, 0.4) is 0 Å². The maximum atomic E-state index is 12.6. The van der Waals surface area contributed by atoms with E-state index >= 15 is 0 Å². The van der Waals surface area contributed by atoms with Crippen molar-refractivity contribution in [2.45, 2.75) is 6.04 Å². The fourth-order valence-corrected chi connectivity index (χ4v) is 2.31. The minimum atomic E-state index is -0.713.